The van der Waals surface area contributed by atoms with E-state index in [1.54, 1.807) is 0 Å². The highest BCUT2D eigenvalue weighted by atomic mass is 31.2. The average Bonchev–Trinajstić information content (AvgIpc) is 0.975. The Morgan fingerprint density at radius 3 is 0.687 bits per heavy atom. The van der Waals surface area contributed by atoms with E-state index in [9.17, 15) is 43.2 Å². The third-order valence-corrected chi connectivity index (χ3v) is 20.6. The van der Waals surface area contributed by atoms with Crippen LogP contribution in [0.5, 0.6) is 0 Å². The predicted molar refractivity (Wildman–Crippen MR) is 405 cm³/mol. The van der Waals surface area contributed by atoms with Crippen LogP contribution in [-0.4, -0.2) is 96.7 Å². The first-order valence-electron chi connectivity index (χ1n) is 41.5. The summed E-state index contributed by atoms with van der Waals surface area (Å²) in [7, 11) is -9.92. The Labute approximate surface area is 607 Å². The zero-order chi connectivity index (χ0) is 72.8. The Morgan fingerprint density at radius 2 is 0.465 bits per heavy atom. The van der Waals surface area contributed by atoms with E-state index < -0.39 is 97.5 Å². The van der Waals surface area contributed by atoms with Crippen molar-refractivity contribution < 1.29 is 80.2 Å². The van der Waals surface area contributed by atoms with Crippen LogP contribution in [-0.2, 0) is 65.4 Å². The molecule has 0 aliphatic rings. The molecule has 0 heterocycles. The van der Waals surface area contributed by atoms with Gasteiger partial charge >= 0.3 is 39.5 Å². The summed E-state index contributed by atoms with van der Waals surface area (Å²) < 4.78 is 68.7. The van der Waals surface area contributed by atoms with Crippen LogP contribution in [0.2, 0.25) is 0 Å². The summed E-state index contributed by atoms with van der Waals surface area (Å²) in [6.07, 6.45) is 61.1. The van der Waals surface area contributed by atoms with Crippen LogP contribution in [0.15, 0.2) is 0 Å². The maximum Gasteiger partial charge on any atom is 0.472 e. The largest absolute Gasteiger partial charge is 0.472 e. The van der Waals surface area contributed by atoms with Gasteiger partial charge in [-0.2, -0.15) is 0 Å². The summed E-state index contributed by atoms with van der Waals surface area (Å²) in [6.45, 7) is 9.61. The molecule has 19 heteroatoms. The van der Waals surface area contributed by atoms with E-state index in [4.69, 9.17) is 37.0 Å². The maximum atomic E-state index is 13.1. The van der Waals surface area contributed by atoms with Crippen molar-refractivity contribution in [3.63, 3.8) is 0 Å². The lowest BCUT2D eigenvalue weighted by Gasteiger charge is -2.21. The van der Waals surface area contributed by atoms with Crippen LogP contribution >= 0.6 is 15.6 Å². The molecule has 3 N–H and O–H groups in total. The van der Waals surface area contributed by atoms with Gasteiger partial charge in [0, 0.05) is 25.7 Å². The molecule has 0 spiro atoms. The summed E-state index contributed by atoms with van der Waals surface area (Å²) in [5.41, 5.74) is 0. The van der Waals surface area contributed by atoms with E-state index in [0.29, 0.717) is 25.7 Å². The zero-order valence-electron chi connectivity index (χ0n) is 64.8. The van der Waals surface area contributed by atoms with Crippen molar-refractivity contribution in [2.45, 2.75) is 439 Å². The normalized spacial score (nSPS) is 13.9. The second-order valence-corrected chi connectivity index (χ2v) is 32.7. The van der Waals surface area contributed by atoms with Gasteiger partial charge in [0.05, 0.1) is 26.4 Å². The second kappa shape index (κ2) is 71.7. The Bertz CT molecular complexity index is 1910. The Balaban J connectivity index is 5.22. The molecule has 2 unspecified atom stereocenters. The number of unbranched alkanes of at least 4 members (excludes halogenated alkanes) is 49. The van der Waals surface area contributed by atoms with Crippen molar-refractivity contribution in [1.82, 2.24) is 0 Å². The fourth-order valence-electron chi connectivity index (χ4n) is 12.4. The summed E-state index contributed by atoms with van der Waals surface area (Å²) in [5, 5.41) is 10.6. The van der Waals surface area contributed by atoms with Crippen molar-refractivity contribution >= 4 is 39.5 Å². The molecule has 0 aromatic rings. The monoisotopic (exact) mass is 1450 g/mol. The maximum absolute atomic E-state index is 13.1. The quantitative estimate of drug-likeness (QED) is 0.0222. The summed E-state index contributed by atoms with van der Waals surface area (Å²) in [6, 6.07) is 0. The molecule has 0 amide bonds. The number of rotatable bonds is 79. The van der Waals surface area contributed by atoms with Crippen LogP contribution in [0.4, 0.5) is 0 Å². The number of aliphatic hydroxyl groups is 1. The Morgan fingerprint density at radius 1 is 0.273 bits per heavy atom. The first-order chi connectivity index (χ1) is 47.9. The number of hydrogen-bond acceptors (Lipinski definition) is 15. The van der Waals surface area contributed by atoms with Crippen LogP contribution in [0, 0.1) is 11.8 Å². The van der Waals surface area contributed by atoms with Crippen LogP contribution in [0.25, 0.3) is 0 Å². The summed E-state index contributed by atoms with van der Waals surface area (Å²) in [5.74, 6) is -0.593. The minimum Gasteiger partial charge on any atom is -0.462 e. The molecule has 0 aliphatic heterocycles. The molecule has 0 radical (unpaired) electrons. The SMILES string of the molecule is CCCCCCCCCCCCCCCCCCCCCCCC(=O)O[C@H](COC(=O)CCCCCCCCCCCCCCC(C)C)COP(=O)(O)OC[C@@H](O)COP(=O)(O)OC[C@@H](COC(=O)CCCCCCCCCCCCC)OC(=O)CCCCCCCCCCCC(C)C. The van der Waals surface area contributed by atoms with E-state index in [1.165, 1.54) is 238 Å². The number of phosphoric ester groups is 2. The standard InChI is InChI=1S/C80H156O17P2/c1-7-9-11-13-15-17-19-20-21-22-23-24-25-26-27-28-34-40-46-52-58-64-79(84)96-75(68-91-78(83)63-57-51-45-39-33-30-29-32-36-42-48-54-60-72(3)4)70-94-98(86,87)92-66-74(81)67-93-99(88,89)95-71-76(69-90-77(82)62-56-50-44-38-31-18-16-14-12-10-8-2)97-80(85)65-59-53-47-41-35-37-43-49-55-61-73(5)6/h72-76,81H,7-71H2,1-6H3,(H,86,87)(H,88,89)/t74-,75-,76-/m1/s1. The topological polar surface area (TPSA) is 237 Å². The number of carbonyl (C=O) groups is 4. The molecule has 17 nitrogen and oxygen atoms in total. The minimum absolute atomic E-state index is 0.106. The van der Waals surface area contributed by atoms with Crippen molar-refractivity contribution in [1.29, 1.82) is 0 Å². The minimum atomic E-state index is -4.96. The van der Waals surface area contributed by atoms with Gasteiger partial charge in [-0.25, -0.2) is 9.13 Å². The molecule has 0 saturated heterocycles. The van der Waals surface area contributed by atoms with Gasteiger partial charge in [0.15, 0.2) is 12.2 Å². The lowest BCUT2D eigenvalue weighted by atomic mass is 10.0. The third kappa shape index (κ3) is 74.1. The fraction of sp³-hybridized carbons (Fsp3) is 0.950. The number of aliphatic hydroxyl groups excluding tert-OH is 1. The van der Waals surface area contributed by atoms with E-state index in [2.05, 4.69) is 41.5 Å². The first-order valence-corrected chi connectivity index (χ1v) is 44.5. The molecule has 99 heavy (non-hydrogen) atoms. The van der Waals surface area contributed by atoms with Crippen molar-refractivity contribution in [3.05, 3.63) is 0 Å². The van der Waals surface area contributed by atoms with E-state index in [-0.39, 0.29) is 25.7 Å². The average molecular weight is 1450 g/mol. The number of carbonyl (C=O) groups excluding carboxylic acids is 4. The van der Waals surface area contributed by atoms with E-state index >= 15 is 0 Å². The molecule has 0 rings (SSSR count). The van der Waals surface area contributed by atoms with Gasteiger partial charge in [0.25, 0.3) is 0 Å². The van der Waals surface area contributed by atoms with Crippen molar-refractivity contribution in [2.24, 2.45) is 11.8 Å². The first kappa shape index (κ1) is 97.1. The van der Waals surface area contributed by atoms with Gasteiger partial charge in [0.1, 0.15) is 19.3 Å². The smallest absolute Gasteiger partial charge is 0.462 e. The molecule has 0 aromatic carbocycles. The van der Waals surface area contributed by atoms with Crippen molar-refractivity contribution in [2.75, 3.05) is 39.6 Å². The van der Waals surface area contributed by atoms with Gasteiger partial charge in [-0.05, 0) is 37.5 Å². The molecule has 0 fully saturated rings. The van der Waals surface area contributed by atoms with Gasteiger partial charge in [-0.15, -0.1) is 0 Å². The zero-order valence-corrected chi connectivity index (χ0v) is 66.6. The second-order valence-electron chi connectivity index (χ2n) is 29.8. The highest BCUT2D eigenvalue weighted by Crippen LogP contribution is 2.45. The molecule has 0 saturated carbocycles. The third-order valence-electron chi connectivity index (χ3n) is 18.7. The highest BCUT2D eigenvalue weighted by Gasteiger charge is 2.30. The fourth-order valence-corrected chi connectivity index (χ4v) is 13.9. The molecule has 588 valence electrons. The van der Waals surface area contributed by atoms with Crippen LogP contribution in [0.3, 0.4) is 0 Å². The van der Waals surface area contributed by atoms with Gasteiger partial charge in [-0.1, -0.05) is 369 Å². The Hall–Kier alpha value is -1.94. The predicted octanol–water partition coefficient (Wildman–Crippen LogP) is 23.9. The summed E-state index contributed by atoms with van der Waals surface area (Å²) in [4.78, 5) is 73.0. The van der Waals surface area contributed by atoms with E-state index in [1.807, 2.05) is 0 Å². The molecule has 0 aromatic heterocycles. The Kier molecular flexibility index (Phi) is 70.3. The molecule has 0 aliphatic carbocycles. The van der Waals surface area contributed by atoms with Gasteiger partial charge < -0.3 is 33.8 Å². The van der Waals surface area contributed by atoms with Gasteiger partial charge in [0.2, 0.25) is 0 Å². The lowest BCUT2D eigenvalue weighted by molar-refractivity contribution is -0.161. The number of ether oxygens (including phenoxy) is 4. The lowest BCUT2D eigenvalue weighted by Crippen LogP contribution is -2.30. The van der Waals surface area contributed by atoms with Crippen LogP contribution in [0.1, 0.15) is 420 Å². The van der Waals surface area contributed by atoms with Gasteiger partial charge in [-0.3, -0.25) is 37.3 Å². The molecule has 5 atom stereocenters. The number of phosphoric acid groups is 2. The van der Waals surface area contributed by atoms with Crippen molar-refractivity contribution in [3.8, 4) is 0 Å². The van der Waals surface area contributed by atoms with E-state index in [0.717, 1.165) is 102 Å². The number of esters is 4. The summed E-state index contributed by atoms with van der Waals surface area (Å²) >= 11 is 0. The highest BCUT2D eigenvalue weighted by molar-refractivity contribution is 7.47. The van der Waals surface area contributed by atoms with Crippen LogP contribution < -0.4 is 0 Å². The number of hydrogen-bond donors (Lipinski definition) is 3. The molecule has 0 bridgehead atoms. The molecular formula is C80H156O17P2. The molecular weight excluding hydrogens is 1290 g/mol.